The number of hydrogen-bond donors (Lipinski definition) is 0. The molecule has 0 fully saturated rings. The maximum absolute atomic E-state index is 12.2. The molecule has 1 amide bonds. The first-order valence-corrected chi connectivity index (χ1v) is 6.47. The van der Waals surface area contributed by atoms with E-state index in [1.54, 1.807) is 6.92 Å². The molecule has 1 aromatic rings. The van der Waals surface area contributed by atoms with Gasteiger partial charge in [0.25, 0.3) is 0 Å². The summed E-state index contributed by atoms with van der Waals surface area (Å²) >= 11 is 0. The van der Waals surface area contributed by atoms with Crippen LogP contribution in [0.15, 0.2) is 6.20 Å². The van der Waals surface area contributed by atoms with Crippen LogP contribution in [0.4, 0.5) is 4.79 Å². The number of carbonyl (C=O) groups excluding carboxylic acids is 3. The SMILES string of the molecule is CCOC(=O)n1cc(C([NH-])=O)c2c1CC(C)(C)CC2=O.[W+2]. The molecule has 1 aromatic heterocycles. The fourth-order valence-corrected chi connectivity index (χ4v) is 2.60. The molecular formula is C14H17N2O4W+. The normalized spacial score (nSPS) is 15.9. The molecule has 0 unspecified atom stereocenters. The van der Waals surface area contributed by atoms with Crippen LogP contribution in [0.1, 0.15) is 53.6 Å². The van der Waals surface area contributed by atoms with Gasteiger partial charge in [-0.15, -0.1) is 0 Å². The summed E-state index contributed by atoms with van der Waals surface area (Å²) in [5, 5.41) is 0. The zero-order chi connectivity index (χ0) is 15.1. The van der Waals surface area contributed by atoms with Crippen molar-refractivity contribution in [3.8, 4) is 0 Å². The molecule has 0 saturated heterocycles. The van der Waals surface area contributed by atoms with Gasteiger partial charge in [-0.05, 0) is 18.8 Å². The van der Waals surface area contributed by atoms with E-state index in [1.165, 1.54) is 10.8 Å². The van der Waals surface area contributed by atoms with E-state index in [-0.39, 0.29) is 50.0 Å². The maximum atomic E-state index is 12.2. The molecule has 112 valence electrons. The van der Waals surface area contributed by atoms with Crippen molar-refractivity contribution in [2.24, 2.45) is 5.41 Å². The van der Waals surface area contributed by atoms with Gasteiger partial charge in [-0.1, -0.05) is 13.8 Å². The summed E-state index contributed by atoms with van der Waals surface area (Å²) in [5.74, 6) is -1.16. The van der Waals surface area contributed by atoms with Crippen LogP contribution in [0.25, 0.3) is 5.73 Å². The first-order chi connectivity index (χ1) is 9.26. The van der Waals surface area contributed by atoms with Crippen molar-refractivity contribution in [2.75, 3.05) is 6.61 Å². The maximum Gasteiger partial charge on any atom is 2.00 e. The van der Waals surface area contributed by atoms with Gasteiger partial charge >= 0.3 is 27.2 Å². The Balaban J connectivity index is 0.00000220. The van der Waals surface area contributed by atoms with E-state index in [9.17, 15) is 14.4 Å². The van der Waals surface area contributed by atoms with Crippen LogP contribution in [-0.4, -0.2) is 29.0 Å². The third-order valence-electron chi connectivity index (χ3n) is 3.38. The summed E-state index contributed by atoms with van der Waals surface area (Å²) in [7, 11) is 0. The Morgan fingerprint density at radius 2 is 2.00 bits per heavy atom. The third-order valence-corrected chi connectivity index (χ3v) is 3.38. The average molecular weight is 461 g/mol. The zero-order valence-electron chi connectivity index (χ0n) is 12.2. The van der Waals surface area contributed by atoms with Crippen LogP contribution in [0.2, 0.25) is 0 Å². The Labute approximate surface area is 137 Å². The van der Waals surface area contributed by atoms with Crippen molar-refractivity contribution < 1.29 is 40.2 Å². The molecule has 1 N–H and O–H groups in total. The molecule has 21 heavy (non-hydrogen) atoms. The van der Waals surface area contributed by atoms with Crippen LogP contribution >= 0.6 is 0 Å². The number of carbonyl (C=O) groups is 3. The second-order valence-electron chi connectivity index (χ2n) is 5.70. The standard InChI is InChI=1S/C14H18N2O4.W/c1-4-20-13(19)16-7-8(12(15)18)11-9(16)5-14(2,3)6-10(11)17;/h7H,4-6H2,1-3H3,(H2,15,18);/q;+2/p-1. The van der Waals surface area contributed by atoms with Gasteiger partial charge in [0.2, 0.25) is 0 Å². The second kappa shape index (κ2) is 6.14. The van der Waals surface area contributed by atoms with Gasteiger partial charge in [0.05, 0.1) is 12.5 Å². The fourth-order valence-electron chi connectivity index (χ4n) is 2.60. The molecular weight excluding hydrogens is 444 g/mol. The van der Waals surface area contributed by atoms with Crippen molar-refractivity contribution >= 4 is 17.8 Å². The minimum absolute atomic E-state index is 0. The minimum Gasteiger partial charge on any atom is -0.663 e. The summed E-state index contributed by atoms with van der Waals surface area (Å²) in [6.45, 7) is 5.74. The molecule has 1 heterocycles. The van der Waals surface area contributed by atoms with E-state index >= 15 is 0 Å². The predicted octanol–water partition coefficient (Wildman–Crippen LogP) is 2.84. The van der Waals surface area contributed by atoms with Gasteiger partial charge in [0, 0.05) is 29.4 Å². The zero-order valence-corrected chi connectivity index (χ0v) is 15.1. The summed E-state index contributed by atoms with van der Waals surface area (Å²) in [6.07, 6.45) is 1.41. The topological polar surface area (TPSA) is 89.2 Å². The Morgan fingerprint density at radius 3 is 2.52 bits per heavy atom. The minimum atomic E-state index is -0.961. The quantitative estimate of drug-likeness (QED) is 0.678. The van der Waals surface area contributed by atoms with Crippen LogP contribution in [0, 0.1) is 5.41 Å². The van der Waals surface area contributed by atoms with Gasteiger partial charge in [0.15, 0.2) is 5.78 Å². The number of ketones is 1. The van der Waals surface area contributed by atoms with Crippen molar-refractivity contribution in [3.63, 3.8) is 0 Å². The van der Waals surface area contributed by atoms with Crippen LogP contribution < -0.4 is 0 Å². The molecule has 2 rings (SSSR count). The number of nitrogens with one attached hydrogen (secondary N) is 1. The predicted molar refractivity (Wildman–Crippen MR) is 71.9 cm³/mol. The number of amides is 1. The number of ether oxygens (including phenoxy) is 1. The molecule has 0 spiro atoms. The smallest absolute Gasteiger partial charge is 0.663 e. The summed E-state index contributed by atoms with van der Waals surface area (Å²) in [4.78, 5) is 35.5. The fraction of sp³-hybridized carbons (Fsp3) is 0.500. The summed E-state index contributed by atoms with van der Waals surface area (Å²) in [5.41, 5.74) is 7.62. The molecule has 7 heteroatoms. The Kier molecular flexibility index (Phi) is 5.15. The van der Waals surface area contributed by atoms with Crippen LogP contribution in [0.5, 0.6) is 0 Å². The van der Waals surface area contributed by atoms with Gasteiger partial charge in [0.1, 0.15) is 0 Å². The molecule has 1 aliphatic carbocycles. The van der Waals surface area contributed by atoms with Crippen molar-refractivity contribution in [1.82, 2.24) is 4.57 Å². The molecule has 0 aliphatic heterocycles. The molecule has 6 nitrogen and oxygen atoms in total. The monoisotopic (exact) mass is 461 g/mol. The van der Waals surface area contributed by atoms with E-state index in [2.05, 4.69) is 0 Å². The van der Waals surface area contributed by atoms with E-state index in [4.69, 9.17) is 10.5 Å². The number of Topliss-reactive ketones (excluding diaryl/α,β-unsaturated/α-hetero) is 1. The van der Waals surface area contributed by atoms with Crippen LogP contribution in [-0.2, 0) is 32.2 Å². The van der Waals surface area contributed by atoms with E-state index in [1.807, 2.05) is 13.8 Å². The van der Waals surface area contributed by atoms with Crippen LogP contribution in [0.3, 0.4) is 0 Å². The number of aromatic nitrogens is 1. The van der Waals surface area contributed by atoms with Gasteiger partial charge in [-0.3, -0.25) is 9.36 Å². The molecule has 0 saturated carbocycles. The largest absolute Gasteiger partial charge is 2.00 e. The van der Waals surface area contributed by atoms with Crippen molar-refractivity contribution in [1.29, 1.82) is 0 Å². The van der Waals surface area contributed by atoms with Gasteiger partial charge in [-0.25, -0.2) is 4.79 Å². The number of nitrogens with zero attached hydrogens (tertiary/aromatic N) is 1. The Hall–Kier alpha value is -1.42. The second-order valence-corrected chi connectivity index (χ2v) is 5.70. The number of fused-ring (bicyclic) bond motifs is 1. The first kappa shape index (κ1) is 17.6. The van der Waals surface area contributed by atoms with E-state index in [0.717, 1.165) is 0 Å². The number of rotatable bonds is 2. The van der Waals surface area contributed by atoms with Crippen molar-refractivity contribution in [2.45, 2.75) is 33.6 Å². The molecule has 0 atom stereocenters. The molecule has 0 radical (unpaired) electrons. The molecule has 1 aliphatic rings. The average Bonchev–Trinajstić information content (AvgIpc) is 2.67. The first-order valence-electron chi connectivity index (χ1n) is 6.47. The van der Waals surface area contributed by atoms with Gasteiger partial charge in [-0.2, -0.15) is 0 Å². The molecule has 0 aromatic carbocycles. The van der Waals surface area contributed by atoms with Crippen molar-refractivity contribution in [3.05, 3.63) is 28.8 Å². The van der Waals surface area contributed by atoms with Gasteiger partial charge < -0.3 is 15.3 Å². The van der Waals surface area contributed by atoms with E-state index in [0.29, 0.717) is 18.5 Å². The van der Waals surface area contributed by atoms with E-state index < -0.39 is 12.0 Å². The number of hydrogen-bond acceptors (Lipinski definition) is 4. The molecule has 0 bridgehead atoms. The summed E-state index contributed by atoms with van der Waals surface area (Å²) in [6, 6.07) is 0. The summed E-state index contributed by atoms with van der Waals surface area (Å²) < 4.78 is 6.12. The Morgan fingerprint density at radius 1 is 1.38 bits per heavy atom. The third kappa shape index (κ3) is 3.26. The Bertz CT molecular complexity index is 604.